The lowest BCUT2D eigenvalue weighted by Crippen LogP contribution is -2.29. The Hall–Kier alpha value is -1.00. The Bertz CT molecular complexity index is 351. The van der Waals surface area contributed by atoms with E-state index in [1.807, 2.05) is 13.8 Å². The zero-order valence-electron chi connectivity index (χ0n) is 11.2. The van der Waals surface area contributed by atoms with Crippen molar-refractivity contribution in [2.24, 2.45) is 5.92 Å². The van der Waals surface area contributed by atoms with Crippen LogP contribution in [-0.4, -0.2) is 20.3 Å². The number of nitrogens with one attached hydrogen (secondary N) is 1. The summed E-state index contributed by atoms with van der Waals surface area (Å²) in [7, 11) is 1.62. The number of hydrogen-bond acceptors (Lipinski definition) is 2. The number of benzene rings is 1. The van der Waals surface area contributed by atoms with Crippen LogP contribution in [-0.2, 0) is 4.74 Å². The summed E-state index contributed by atoms with van der Waals surface area (Å²) in [5.41, 5.74) is 0.128. The van der Waals surface area contributed by atoms with Gasteiger partial charge in [0.2, 0.25) is 0 Å². The fourth-order valence-electron chi connectivity index (χ4n) is 2.09. The summed E-state index contributed by atoms with van der Waals surface area (Å²) in [4.78, 5) is 0. The van der Waals surface area contributed by atoms with E-state index in [1.54, 1.807) is 7.11 Å². The Balaban J connectivity index is 2.96. The quantitative estimate of drug-likeness (QED) is 0.809. The van der Waals surface area contributed by atoms with E-state index in [0.29, 0.717) is 13.2 Å². The summed E-state index contributed by atoms with van der Waals surface area (Å²) in [6, 6.07) is 3.65. The highest BCUT2D eigenvalue weighted by atomic mass is 19.1. The molecule has 0 saturated carbocycles. The molecular weight excluding hydrogens is 236 g/mol. The van der Waals surface area contributed by atoms with Gasteiger partial charge in [-0.25, -0.2) is 8.78 Å². The molecule has 18 heavy (non-hydrogen) atoms. The van der Waals surface area contributed by atoms with Gasteiger partial charge in [-0.05, 0) is 31.0 Å². The first-order valence-corrected chi connectivity index (χ1v) is 6.28. The van der Waals surface area contributed by atoms with Crippen LogP contribution in [0.4, 0.5) is 8.78 Å². The van der Waals surface area contributed by atoms with Gasteiger partial charge in [0, 0.05) is 25.3 Å². The van der Waals surface area contributed by atoms with Gasteiger partial charge in [-0.15, -0.1) is 0 Å². The molecule has 1 rings (SSSR count). The van der Waals surface area contributed by atoms with Gasteiger partial charge in [-0.3, -0.25) is 0 Å². The van der Waals surface area contributed by atoms with Gasteiger partial charge in [0.1, 0.15) is 11.6 Å². The van der Waals surface area contributed by atoms with Crippen molar-refractivity contribution in [1.29, 1.82) is 0 Å². The molecule has 102 valence electrons. The summed E-state index contributed by atoms with van der Waals surface area (Å²) in [5, 5.41) is 3.15. The van der Waals surface area contributed by atoms with Crippen LogP contribution in [0.25, 0.3) is 0 Å². The van der Waals surface area contributed by atoms with Crippen molar-refractivity contribution in [3.63, 3.8) is 0 Å². The van der Waals surface area contributed by atoms with Crippen molar-refractivity contribution in [2.75, 3.05) is 20.3 Å². The molecule has 0 fully saturated rings. The van der Waals surface area contributed by atoms with Gasteiger partial charge in [0.25, 0.3) is 0 Å². The lowest BCUT2D eigenvalue weighted by molar-refractivity contribution is 0.169. The second-order valence-electron chi connectivity index (χ2n) is 4.43. The van der Waals surface area contributed by atoms with Gasteiger partial charge >= 0.3 is 0 Å². The summed E-state index contributed by atoms with van der Waals surface area (Å²) in [5.74, 6) is -0.897. The molecule has 0 heterocycles. The average molecular weight is 257 g/mol. The van der Waals surface area contributed by atoms with Crippen molar-refractivity contribution in [1.82, 2.24) is 5.32 Å². The Labute approximate surface area is 107 Å². The highest BCUT2D eigenvalue weighted by Crippen LogP contribution is 2.28. The third-order valence-corrected chi connectivity index (χ3v) is 3.08. The molecule has 1 aromatic rings. The van der Waals surface area contributed by atoms with E-state index in [2.05, 4.69) is 5.32 Å². The summed E-state index contributed by atoms with van der Waals surface area (Å²) in [6.07, 6.45) is 0.752. The third-order valence-electron chi connectivity index (χ3n) is 3.08. The average Bonchev–Trinajstić information content (AvgIpc) is 2.34. The number of rotatable bonds is 7. The van der Waals surface area contributed by atoms with E-state index in [9.17, 15) is 8.78 Å². The van der Waals surface area contributed by atoms with E-state index in [1.165, 1.54) is 18.2 Å². The fourth-order valence-corrected chi connectivity index (χ4v) is 2.09. The Kier molecular flexibility index (Phi) is 6.22. The number of hydrogen-bond donors (Lipinski definition) is 1. The van der Waals surface area contributed by atoms with Crippen molar-refractivity contribution in [3.8, 4) is 0 Å². The fraction of sp³-hybridized carbons (Fsp3) is 0.571. The van der Waals surface area contributed by atoms with E-state index in [0.717, 1.165) is 6.42 Å². The monoisotopic (exact) mass is 257 g/mol. The molecule has 0 spiro atoms. The molecule has 0 aliphatic carbocycles. The molecule has 1 aromatic carbocycles. The first kappa shape index (κ1) is 15.1. The molecule has 0 bridgehead atoms. The van der Waals surface area contributed by atoms with Crippen LogP contribution in [0.2, 0.25) is 0 Å². The van der Waals surface area contributed by atoms with Crippen molar-refractivity contribution in [3.05, 3.63) is 35.4 Å². The maximum atomic E-state index is 13.8. The Morgan fingerprint density at radius 1 is 1.28 bits per heavy atom. The van der Waals surface area contributed by atoms with Gasteiger partial charge in [0.05, 0.1) is 0 Å². The van der Waals surface area contributed by atoms with Gasteiger partial charge in [-0.1, -0.05) is 19.9 Å². The molecule has 1 N–H and O–H groups in total. The van der Waals surface area contributed by atoms with E-state index < -0.39 is 11.6 Å². The normalized spacial score (nSPS) is 14.5. The van der Waals surface area contributed by atoms with E-state index in [-0.39, 0.29) is 17.5 Å². The summed E-state index contributed by atoms with van der Waals surface area (Å²) < 4.78 is 32.6. The molecule has 0 aliphatic rings. The number of ether oxygens (including phenoxy) is 1. The van der Waals surface area contributed by atoms with Gasteiger partial charge in [0.15, 0.2) is 0 Å². The van der Waals surface area contributed by atoms with Crippen molar-refractivity contribution in [2.45, 2.75) is 26.3 Å². The lowest BCUT2D eigenvalue weighted by atomic mass is 9.91. The van der Waals surface area contributed by atoms with Gasteiger partial charge in [-0.2, -0.15) is 0 Å². The minimum atomic E-state index is -0.495. The van der Waals surface area contributed by atoms with Crippen LogP contribution in [0.5, 0.6) is 0 Å². The van der Waals surface area contributed by atoms with Gasteiger partial charge < -0.3 is 10.1 Å². The minimum Gasteiger partial charge on any atom is -0.385 e. The largest absolute Gasteiger partial charge is 0.385 e. The molecule has 0 aromatic heterocycles. The van der Waals surface area contributed by atoms with Crippen LogP contribution >= 0.6 is 0 Å². The smallest absolute Gasteiger partial charge is 0.130 e. The predicted octanol–water partition coefficient (Wildman–Crippen LogP) is 3.29. The van der Waals surface area contributed by atoms with E-state index >= 15 is 0 Å². The van der Waals surface area contributed by atoms with Crippen LogP contribution < -0.4 is 5.32 Å². The Morgan fingerprint density at radius 3 is 2.39 bits per heavy atom. The molecule has 2 atom stereocenters. The topological polar surface area (TPSA) is 21.3 Å². The summed E-state index contributed by atoms with van der Waals surface area (Å²) in [6.45, 7) is 5.14. The highest BCUT2D eigenvalue weighted by molar-refractivity contribution is 5.24. The number of halogens is 2. The predicted molar refractivity (Wildman–Crippen MR) is 68.4 cm³/mol. The van der Waals surface area contributed by atoms with E-state index in [4.69, 9.17) is 4.74 Å². The molecular formula is C14H21F2NO. The maximum Gasteiger partial charge on any atom is 0.130 e. The summed E-state index contributed by atoms with van der Waals surface area (Å²) >= 11 is 0. The SMILES string of the molecule is CCNC(c1c(F)cccc1F)C(C)CCOC. The number of methoxy groups -OCH3 is 1. The minimum absolute atomic E-state index is 0.0938. The van der Waals surface area contributed by atoms with Crippen LogP contribution in [0.3, 0.4) is 0 Å². The maximum absolute atomic E-state index is 13.8. The first-order valence-electron chi connectivity index (χ1n) is 6.28. The Morgan fingerprint density at radius 2 is 1.89 bits per heavy atom. The van der Waals surface area contributed by atoms with Crippen molar-refractivity contribution >= 4 is 0 Å². The molecule has 0 saturated heterocycles. The first-order chi connectivity index (χ1) is 8.61. The molecule has 0 radical (unpaired) electrons. The second kappa shape index (κ2) is 7.44. The molecule has 0 aliphatic heterocycles. The zero-order chi connectivity index (χ0) is 13.5. The van der Waals surface area contributed by atoms with Crippen LogP contribution in [0, 0.1) is 17.6 Å². The third kappa shape index (κ3) is 3.75. The molecule has 2 nitrogen and oxygen atoms in total. The van der Waals surface area contributed by atoms with Crippen LogP contribution in [0.1, 0.15) is 31.9 Å². The highest BCUT2D eigenvalue weighted by Gasteiger charge is 2.24. The molecule has 4 heteroatoms. The van der Waals surface area contributed by atoms with Crippen molar-refractivity contribution < 1.29 is 13.5 Å². The standard InChI is InChI=1S/C14H21F2NO/c1-4-17-14(10(2)8-9-18-3)13-11(15)6-5-7-12(13)16/h5-7,10,14,17H,4,8-9H2,1-3H3. The lowest BCUT2D eigenvalue weighted by Gasteiger charge is -2.26. The second-order valence-corrected chi connectivity index (χ2v) is 4.43. The molecule has 0 amide bonds. The molecule has 2 unspecified atom stereocenters. The zero-order valence-corrected chi connectivity index (χ0v) is 11.2. The van der Waals surface area contributed by atoms with Crippen LogP contribution in [0.15, 0.2) is 18.2 Å².